The summed E-state index contributed by atoms with van der Waals surface area (Å²) in [5, 5.41) is 8.75. The van der Waals surface area contributed by atoms with Crippen LogP contribution in [0.15, 0.2) is 41.2 Å². The van der Waals surface area contributed by atoms with Crippen molar-refractivity contribution in [1.82, 2.24) is 15.5 Å². The third-order valence-electron chi connectivity index (χ3n) is 2.95. The van der Waals surface area contributed by atoms with Gasteiger partial charge in [-0.2, -0.15) is 5.10 Å². The van der Waals surface area contributed by atoms with Gasteiger partial charge >= 0.3 is 0 Å². The third kappa shape index (κ3) is 3.92. The van der Waals surface area contributed by atoms with Crippen molar-refractivity contribution in [1.29, 1.82) is 0 Å². The first-order valence-electron chi connectivity index (χ1n) is 6.69. The number of aromatic nitrogens is 2. The number of H-pyrrole nitrogens is 1. The van der Waals surface area contributed by atoms with Crippen LogP contribution in [0.5, 0.6) is 5.75 Å². The summed E-state index contributed by atoms with van der Waals surface area (Å²) in [7, 11) is 0. The number of hydrogen-bond acceptors (Lipinski definition) is 4. The zero-order valence-electron chi connectivity index (χ0n) is 11.9. The molecule has 0 aliphatic heterocycles. The molecule has 2 aromatic rings. The molecule has 0 saturated carbocycles. The van der Waals surface area contributed by atoms with Gasteiger partial charge in [0.05, 0.1) is 12.6 Å². The molecule has 2 N–H and O–H groups in total. The van der Waals surface area contributed by atoms with Gasteiger partial charge in [0, 0.05) is 6.07 Å². The first-order chi connectivity index (χ1) is 10.1. The molecule has 0 aliphatic rings. The second-order valence-corrected chi connectivity index (χ2v) is 4.50. The molecule has 2 rings (SSSR count). The van der Waals surface area contributed by atoms with Gasteiger partial charge in [-0.05, 0) is 37.6 Å². The Balaban J connectivity index is 2.03. The number of hydrogen-bond donors (Lipinski definition) is 2. The number of aromatic amines is 1. The Bertz CT molecular complexity index is 644. The van der Waals surface area contributed by atoms with Crippen LogP contribution in [0.25, 0.3) is 0 Å². The standard InChI is InChI=1S/C15H17N3O3/c1-3-21-12-6-4-11(5-7-12)10(2)16-15(20)13-8-9-14(19)18-17-13/h4-10H,3H2,1-2H3,(H,16,20)(H,18,19). The number of rotatable bonds is 5. The molecule has 1 aromatic heterocycles. The van der Waals surface area contributed by atoms with Crippen molar-refractivity contribution >= 4 is 5.91 Å². The van der Waals surface area contributed by atoms with E-state index in [2.05, 4.69) is 15.5 Å². The maximum Gasteiger partial charge on any atom is 0.272 e. The molecule has 1 atom stereocenters. The van der Waals surface area contributed by atoms with Gasteiger partial charge in [0.1, 0.15) is 11.4 Å². The summed E-state index contributed by atoms with van der Waals surface area (Å²) in [6, 6.07) is 10.00. The predicted octanol–water partition coefficient (Wildman–Crippen LogP) is 1.66. The van der Waals surface area contributed by atoms with Crippen molar-refractivity contribution in [2.45, 2.75) is 19.9 Å². The monoisotopic (exact) mass is 287 g/mol. The van der Waals surface area contributed by atoms with E-state index in [9.17, 15) is 9.59 Å². The zero-order chi connectivity index (χ0) is 15.2. The van der Waals surface area contributed by atoms with Crippen molar-refractivity contribution in [2.24, 2.45) is 0 Å². The van der Waals surface area contributed by atoms with Crippen LogP contribution in [-0.2, 0) is 0 Å². The van der Waals surface area contributed by atoms with E-state index in [-0.39, 0.29) is 23.2 Å². The van der Waals surface area contributed by atoms with E-state index in [0.717, 1.165) is 11.3 Å². The molecule has 1 unspecified atom stereocenters. The van der Waals surface area contributed by atoms with Crippen molar-refractivity contribution < 1.29 is 9.53 Å². The average Bonchev–Trinajstić information content (AvgIpc) is 2.49. The summed E-state index contributed by atoms with van der Waals surface area (Å²) in [5.74, 6) is 0.453. The number of ether oxygens (including phenoxy) is 1. The average molecular weight is 287 g/mol. The van der Waals surface area contributed by atoms with Crippen molar-refractivity contribution in [3.05, 3.63) is 58.0 Å². The van der Waals surface area contributed by atoms with Gasteiger partial charge in [-0.3, -0.25) is 9.59 Å². The lowest BCUT2D eigenvalue weighted by atomic mass is 10.1. The van der Waals surface area contributed by atoms with Crippen LogP contribution in [-0.4, -0.2) is 22.7 Å². The van der Waals surface area contributed by atoms with E-state index in [1.807, 2.05) is 38.1 Å². The number of nitrogens with zero attached hydrogens (tertiary/aromatic N) is 1. The SMILES string of the molecule is CCOc1ccc(C(C)NC(=O)c2ccc(=O)[nH]n2)cc1. The highest BCUT2D eigenvalue weighted by atomic mass is 16.5. The van der Waals surface area contributed by atoms with Gasteiger partial charge in [-0.25, -0.2) is 5.10 Å². The number of carbonyl (C=O) groups excluding carboxylic acids is 1. The summed E-state index contributed by atoms with van der Waals surface area (Å²) in [5.41, 5.74) is 0.787. The van der Waals surface area contributed by atoms with Gasteiger partial charge < -0.3 is 10.1 Å². The lowest BCUT2D eigenvalue weighted by molar-refractivity contribution is 0.0933. The molecule has 0 bridgehead atoms. The van der Waals surface area contributed by atoms with Gasteiger partial charge in [0.25, 0.3) is 11.5 Å². The summed E-state index contributed by atoms with van der Waals surface area (Å²) < 4.78 is 5.37. The Morgan fingerprint density at radius 1 is 1.29 bits per heavy atom. The highest BCUT2D eigenvalue weighted by molar-refractivity contribution is 5.92. The van der Waals surface area contributed by atoms with Crippen LogP contribution in [0.2, 0.25) is 0 Å². The number of amides is 1. The number of carbonyl (C=O) groups is 1. The molecule has 1 aromatic carbocycles. The molecule has 0 fully saturated rings. The maximum absolute atomic E-state index is 12.0. The minimum atomic E-state index is -0.342. The summed E-state index contributed by atoms with van der Waals surface area (Å²) in [6.07, 6.45) is 0. The maximum atomic E-state index is 12.0. The molecule has 6 heteroatoms. The van der Waals surface area contributed by atoms with Crippen LogP contribution in [0.4, 0.5) is 0 Å². The summed E-state index contributed by atoms with van der Waals surface area (Å²) >= 11 is 0. The van der Waals surface area contributed by atoms with E-state index in [4.69, 9.17) is 4.74 Å². The first kappa shape index (κ1) is 14.8. The fraction of sp³-hybridized carbons (Fsp3) is 0.267. The molecule has 1 amide bonds. The Labute approximate surface area is 122 Å². The lowest BCUT2D eigenvalue weighted by Crippen LogP contribution is -2.28. The van der Waals surface area contributed by atoms with E-state index < -0.39 is 0 Å². The molecular weight excluding hydrogens is 270 g/mol. The molecule has 6 nitrogen and oxygen atoms in total. The summed E-state index contributed by atoms with van der Waals surface area (Å²) in [4.78, 5) is 22.9. The molecule has 1 heterocycles. The van der Waals surface area contributed by atoms with Gasteiger partial charge in [0.2, 0.25) is 0 Å². The zero-order valence-corrected chi connectivity index (χ0v) is 11.9. The Morgan fingerprint density at radius 3 is 2.57 bits per heavy atom. The van der Waals surface area contributed by atoms with Crippen LogP contribution in [0, 0.1) is 0 Å². The Kier molecular flexibility index (Phi) is 4.71. The van der Waals surface area contributed by atoms with Crippen LogP contribution in [0.3, 0.4) is 0 Å². The molecule has 0 spiro atoms. The van der Waals surface area contributed by atoms with Gasteiger partial charge in [0.15, 0.2) is 0 Å². The highest BCUT2D eigenvalue weighted by Gasteiger charge is 2.12. The number of nitrogens with one attached hydrogen (secondary N) is 2. The van der Waals surface area contributed by atoms with Gasteiger partial charge in [-0.1, -0.05) is 12.1 Å². The minimum Gasteiger partial charge on any atom is -0.494 e. The fourth-order valence-corrected chi connectivity index (χ4v) is 1.84. The van der Waals surface area contributed by atoms with Crippen LogP contribution >= 0.6 is 0 Å². The smallest absolute Gasteiger partial charge is 0.272 e. The van der Waals surface area contributed by atoms with E-state index in [1.54, 1.807) is 0 Å². The fourth-order valence-electron chi connectivity index (χ4n) is 1.84. The number of benzene rings is 1. The van der Waals surface area contributed by atoms with Crippen molar-refractivity contribution in [3.63, 3.8) is 0 Å². The minimum absolute atomic E-state index is 0.174. The topological polar surface area (TPSA) is 84.1 Å². The van der Waals surface area contributed by atoms with E-state index in [1.165, 1.54) is 12.1 Å². The molecule has 21 heavy (non-hydrogen) atoms. The molecule has 0 aliphatic carbocycles. The van der Waals surface area contributed by atoms with Gasteiger partial charge in [-0.15, -0.1) is 0 Å². The highest BCUT2D eigenvalue weighted by Crippen LogP contribution is 2.17. The third-order valence-corrected chi connectivity index (χ3v) is 2.95. The second-order valence-electron chi connectivity index (χ2n) is 4.50. The van der Waals surface area contributed by atoms with Crippen molar-refractivity contribution in [3.8, 4) is 5.75 Å². The predicted molar refractivity (Wildman–Crippen MR) is 78.3 cm³/mol. The normalized spacial score (nSPS) is 11.7. The van der Waals surface area contributed by atoms with Crippen molar-refractivity contribution in [2.75, 3.05) is 6.61 Å². The lowest BCUT2D eigenvalue weighted by Gasteiger charge is -2.14. The largest absolute Gasteiger partial charge is 0.494 e. The van der Waals surface area contributed by atoms with E-state index in [0.29, 0.717) is 6.61 Å². The van der Waals surface area contributed by atoms with E-state index >= 15 is 0 Å². The van der Waals surface area contributed by atoms with Crippen LogP contribution < -0.4 is 15.6 Å². The second kappa shape index (κ2) is 6.69. The Morgan fingerprint density at radius 2 is 2.00 bits per heavy atom. The Hall–Kier alpha value is -2.63. The molecular formula is C15H17N3O3. The quantitative estimate of drug-likeness (QED) is 0.876. The van der Waals surface area contributed by atoms with Crippen LogP contribution in [0.1, 0.15) is 35.9 Å². The molecule has 0 saturated heterocycles. The molecule has 0 radical (unpaired) electrons. The molecule has 110 valence electrons. The first-order valence-corrected chi connectivity index (χ1v) is 6.69. The summed E-state index contributed by atoms with van der Waals surface area (Å²) in [6.45, 7) is 4.41.